The fourth-order valence-electron chi connectivity index (χ4n) is 4.53. The molecule has 0 bridgehead atoms. The summed E-state index contributed by atoms with van der Waals surface area (Å²) in [4.78, 5) is 0. The van der Waals surface area contributed by atoms with Gasteiger partial charge in [0, 0.05) is 5.92 Å². The molecule has 6 rings (SSSR count). The summed E-state index contributed by atoms with van der Waals surface area (Å²) < 4.78 is 1.56. The standard InChI is InChI=1S/C26H17.C3H6.2ClH.Hf/c1-2-6-17(5-1)20-12-9-19-11-14-22-15-21-13-10-18-7-3-4-8-23(18)25(21)26(22)24(19)16-20;1-3-2;;;/h1-14,17H,15H2;1-2H3;2*1H;/q-1;;;;+2/p-2. The fourth-order valence-corrected chi connectivity index (χ4v) is 4.53. The topological polar surface area (TPSA) is 0 Å². The molecule has 0 fully saturated rings. The molecule has 158 valence electrons. The Hall–Kier alpha value is -1.80. The Morgan fingerprint density at radius 1 is 0.781 bits per heavy atom. The average Bonchev–Trinajstić information content (AvgIpc) is 3.41. The van der Waals surface area contributed by atoms with Crippen molar-refractivity contribution in [2.45, 2.75) is 26.2 Å². The quantitative estimate of drug-likeness (QED) is 0.196. The average molecular weight is 621 g/mol. The van der Waals surface area contributed by atoms with E-state index >= 15 is 0 Å². The number of fused-ring (bicyclic) bond motifs is 7. The van der Waals surface area contributed by atoms with Gasteiger partial charge in [0.05, 0.1) is 0 Å². The normalized spacial score (nSPS) is 13.1. The summed E-state index contributed by atoms with van der Waals surface area (Å²) in [5.41, 5.74) is 6.92. The Kier molecular flexibility index (Phi) is 8.09. The van der Waals surface area contributed by atoms with Gasteiger partial charge in [-0.15, -0.1) is 34.5 Å². The second kappa shape index (κ2) is 10.4. The van der Waals surface area contributed by atoms with Crippen LogP contribution >= 0.6 is 0 Å². The van der Waals surface area contributed by atoms with Gasteiger partial charge in [0.15, 0.2) is 0 Å². The molecule has 0 aromatic heterocycles. The van der Waals surface area contributed by atoms with Crippen LogP contribution < -0.4 is 24.8 Å². The minimum absolute atomic E-state index is 0. The van der Waals surface area contributed by atoms with E-state index in [1.165, 1.54) is 73.3 Å². The predicted molar refractivity (Wildman–Crippen MR) is 126 cm³/mol. The maximum Gasteiger partial charge on any atom is 0.00333 e. The molecule has 3 heteroatoms. The van der Waals surface area contributed by atoms with Crippen LogP contribution in [0.5, 0.6) is 0 Å². The molecule has 0 radical (unpaired) electrons. The van der Waals surface area contributed by atoms with Crippen LogP contribution in [0, 0.1) is 6.07 Å². The number of hydrogen-bond donors (Lipinski definition) is 0. The summed E-state index contributed by atoms with van der Waals surface area (Å²) in [6.07, 6.45) is 9.75. The van der Waals surface area contributed by atoms with Gasteiger partial charge in [-0.25, -0.2) is 0 Å². The van der Waals surface area contributed by atoms with Crippen LogP contribution in [0.4, 0.5) is 0 Å². The smallest absolute Gasteiger partial charge is 0.00333 e. The third kappa shape index (κ3) is 4.62. The number of hydrogen-bond acceptors (Lipinski definition) is 0. The molecule has 0 unspecified atom stereocenters. The maximum atomic E-state index is 3.77. The second-order valence-electron chi connectivity index (χ2n) is 8.27. The first-order valence-electron chi connectivity index (χ1n) is 10.5. The summed E-state index contributed by atoms with van der Waals surface area (Å²) in [6, 6.07) is 26.1. The van der Waals surface area contributed by atoms with Crippen LogP contribution in [-0.4, -0.2) is 3.26 Å². The number of allylic oxidation sites excluding steroid dienone is 4. The maximum absolute atomic E-state index is 3.77. The number of benzene rings is 4. The van der Waals surface area contributed by atoms with Gasteiger partial charge >= 0.3 is 41.0 Å². The molecule has 0 atom stereocenters. The molecule has 0 N–H and O–H groups in total. The van der Waals surface area contributed by atoms with Crippen LogP contribution in [0.3, 0.4) is 0 Å². The minimum Gasteiger partial charge on any atom is -1.00 e. The van der Waals surface area contributed by atoms with Crippen molar-refractivity contribution in [1.29, 1.82) is 0 Å². The van der Waals surface area contributed by atoms with Gasteiger partial charge in [-0.3, -0.25) is 0 Å². The van der Waals surface area contributed by atoms with Crippen LogP contribution in [0.1, 0.15) is 36.5 Å². The molecule has 2 aliphatic carbocycles. The third-order valence-corrected chi connectivity index (χ3v) is 5.79. The van der Waals surface area contributed by atoms with E-state index in [0.29, 0.717) is 5.92 Å². The minimum atomic E-state index is 0. The Morgan fingerprint density at radius 2 is 1.38 bits per heavy atom. The summed E-state index contributed by atoms with van der Waals surface area (Å²) in [6.45, 7) is 4.29. The first-order valence-corrected chi connectivity index (χ1v) is 12.3. The van der Waals surface area contributed by atoms with Crippen molar-refractivity contribution >= 4 is 24.8 Å². The van der Waals surface area contributed by atoms with Gasteiger partial charge < -0.3 is 24.8 Å². The van der Waals surface area contributed by atoms with E-state index in [1.54, 1.807) is 3.26 Å². The zero-order chi connectivity index (χ0) is 20.7. The zero-order valence-electron chi connectivity index (χ0n) is 18.1. The Morgan fingerprint density at radius 3 is 2.09 bits per heavy atom. The molecule has 0 heterocycles. The molecule has 0 saturated carbocycles. The molecule has 4 aromatic rings. The summed E-state index contributed by atoms with van der Waals surface area (Å²) >= 11 is 1.27. The molecule has 4 aromatic carbocycles. The van der Waals surface area contributed by atoms with Crippen molar-refractivity contribution in [3.8, 4) is 11.1 Å². The van der Waals surface area contributed by atoms with Gasteiger partial charge in [0.1, 0.15) is 0 Å². The van der Waals surface area contributed by atoms with E-state index in [-0.39, 0.29) is 24.8 Å². The monoisotopic (exact) mass is 621 g/mol. The zero-order valence-corrected chi connectivity index (χ0v) is 23.2. The number of rotatable bonds is 1. The van der Waals surface area contributed by atoms with Gasteiger partial charge in [0.2, 0.25) is 0 Å². The van der Waals surface area contributed by atoms with E-state index in [0.717, 1.165) is 6.42 Å². The molecular weight excluding hydrogens is 598 g/mol. The summed E-state index contributed by atoms with van der Waals surface area (Å²) in [7, 11) is 0. The van der Waals surface area contributed by atoms with Gasteiger partial charge in [-0.2, -0.15) is 0 Å². The molecular formula is C29H23Cl2Hf-. The van der Waals surface area contributed by atoms with Crippen LogP contribution in [0.2, 0.25) is 0 Å². The summed E-state index contributed by atoms with van der Waals surface area (Å²) in [5, 5.41) is 5.22. The van der Waals surface area contributed by atoms with Gasteiger partial charge in [-0.1, -0.05) is 84.0 Å². The molecule has 0 amide bonds. The predicted octanol–water partition coefficient (Wildman–Crippen LogP) is 1.33. The van der Waals surface area contributed by atoms with Crippen molar-refractivity contribution in [3.05, 3.63) is 108 Å². The fraction of sp³-hybridized carbons (Fsp3) is 0.138. The molecule has 0 aliphatic heterocycles. The molecule has 2 aliphatic rings. The van der Waals surface area contributed by atoms with Crippen molar-refractivity contribution < 1.29 is 48.7 Å². The molecule has 0 saturated heterocycles. The first-order chi connectivity index (χ1) is 14.6. The molecule has 32 heavy (non-hydrogen) atoms. The Bertz CT molecular complexity index is 1350. The van der Waals surface area contributed by atoms with Crippen molar-refractivity contribution in [1.82, 2.24) is 0 Å². The van der Waals surface area contributed by atoms with E-state index in [4.69, 9.17) is 0 Å². The van der Waals surface area contributed by atoms with Crippen molar-refractivity contribution in [3.63, 3.8) is 0 Å². The Balaban J connectivity index is 0.000000448. The third-order valence-electron chi connectivity index (χ3n) is 5.79. The first kappa shape index (κ1) is 24.8. The van der Waals surface area contributed by atoms with Crippen LogP contribution in [0.25, 0.3) is 32.7 Å². The second-order valence-corrected chi connectivity index (χ2v) is 11.9. The molecule has 0 spiro atoms. The molecule has 0 nitrogen and oxygen atoms in total. The van der Waals surface area contributed by atoms with Crippen molar-refractivity contribution in [2.24, 2.45) is 0 Å². The van der Waals surface area contributed by atoms with E-state index < -0.39 is 0 Å². The SMILES string of the molecule is C[C](C)=[Hf+2].[Cl-].[Cl-].[c-]1c(C2C=CC=C2)ccc2ccc3c(c12)-c1c(ccc2ccccc12)C3. The van der Waals surface area contributed by atoms with E-state index in [9.17, 15) is 0 Å². The Labute approximate surface area is 217 Å². The van der Waals surface area contributed by atoms with Crippen LogP contribution in [-0.2, 0) is 30.3 Å². The van der Waals surface area contributed by atoms with Crippen molar-refractivity contribution in [2.75, 3.05) is 0 Å². The van der Waals surface area contributed by atoms with E-state index in [2.05, 4.69) is 105 Å². The van der Waals surface area contributed by atoms with Gasteiger partial charge in [0.25, 0.3) is 0 Å². The largest absolute Gasteiger partial charge is 1.00 e. The van der Waals surface area contributed by atoms with E-state index in [1.807, 2.05) is 0 Å². The summed E-state index contributed by atoms with van der Waals surface area (Å²) in [5.74, 6) is 0.351. The van der Waals surface area contributed by atoms with Crippen LogP contribution in [0.15, 0.2) is 85.0 Å². The number of halogens is 2. The van der Waals surface area contributed by atoms with Gasteiger partial charge in [-0.05, 0) is 28.3 Å².